The first-order chi connectivity index (χ1) is 7.29. The van der Waals surface area contributed by atoms with Gasteiger partial charge < -0.3 is 9.64 Å². The van der Waals surface area contributed by atoms with E-state index in [9.17, 15) is 0 Å². The molecule has 0 saturated carbocycles. The first-order valence-corrected chi connectivity index (χ1v) is 5.23. The van der Waals surface area contributed by atoms with Gasteiger partial charge in [-0.15, -0.1) is 0 Å². The van der Waals surface area contributed by atoms with Gasteiger partial charge in [0.25, 0.3) is 0 Å². The van der Waals surface area contributed by atoms with Gasteiger partial charge in [0.15, 0.2) is 0 Å². The molecule has 0 unspecified atom stereocenters. The summed E-state index contributed by atoms with van der Waals surface area (Å²) in [5.74, 6) is 0. The fraction of sp³-hybridized carbons (Fsp3) is 0.385. The van der Waals surface area contributed by atoms with Crippen LogP contribution < -0.4 is 0 Å². The zero-order chi connectivity index (χ0) is 10.9. The Morgan fingerprint density at radius 1 is 1.20 bits per heavy atom. The zero-order valence-corrected chi connectivity index (χ0v) is 9.52. The largest absolute Gasteiger partial charge is 0.376 e. The fourth-order valence-electron chi connectivity index (χ4n) is 1.15. The van der Waals surface area contributed by atoms with Crippen molar-refractivity contribution < 1.29 is 4.74 Å². The second-order valence-corrected chi connectivity index (χ2v) is 3.69. The molecular weight excluding hydrogens is 186 g/mol. The SMILES string of the molecule is CN(C)CCOC/C=C/c1ccccc1. The van der Waals surface area contributed by atoms with Gasteiger partial charge in [-0.25, -0.2) is 0 Å². The minimum absolute atomic E-state index is 0.683. The minimum atomic E-state index is 0.683. The monoisotopic (exact) mass is 205 g/mol. The van der Waals surface area contributed by atoms with Gasteiger partial charge in [-0.3, -0.25) is 0 Å². The van der Waals surface area contributed by atoms with Gasteiger partial charge in [0, 0.05) is 6.54 Å². The number of ether oxygens (including phenoxy) is 1. The maximum Gasteiger partial charge on any atom is 0.0651 e. The highest BCUT2D eigenvalue weighted by atomic mass is 16.5. The standard InChI is InChI=1S/C13H19NO/c1-14(2)10-12-15-11-6-9-13-7-4-3-5-8-13/h3-9H,10-12H2,1-2H3/b9-6+. The maximum absolute atomic E-state index is 5.44. The normalized spacial score (nSPS) is 11.4. The molecule has 0 radical (unpaired) electrons. The van der Waals surface area contributed by atoms with E-state index < -0.39 is 0 Å². The van der Waals surface area contributed by atoms with Crippen molar-refractivity contribution in [3.05, 3.63) is 42.0 Å². The number of likely N-dealkylation sites (N-methyl/N-ethyl adjacent to an activating group) is 1. The second-order valence-electron chi connectivity index (χ2n) is 3.69. The summed E-state index contributed by atoms with van der Waals surface area (Å²) < 4.78 is 5.44. The van der Waals surface area contributed by atoms with E-state index in [2.05, 4.69) is 23.1 Å². The second kappa shape index (κ2) is 7.21. The summed E-state index contributed by atoms with van der Waals surface area (Å²) in [5, 5.41) is 0. The van der Waals surface area contributed by atoms with Gasteiger partial charge in [-0.1, -0.05) is 42.5 Å². The van der Waals surface area contributed by atoms with Crippen LogP contribution in [0.3, 0.4) is 0 Å². The summed E-state index contributed by atoms with van der Waals surface area (Å²) in [7, 11) is 4.09. The molecule has 1 aromatic carbocycles. The molecule has 0 aromatic heterocycles. The van der Waals surface area contributed by atoms with Crippen LogP contribution in [0.5, 0.6) is 0 Å². The van der Waals surface area contributed by atoms with Crippen LogP contribution in [0.25, 0.3) is 6.08 Å². The molecule has 0 N–H and O–H groups in total. The molecule has 0 aliphatic rings. The molecule has 1 aromatic rings. The lowest BCUT2D eigenvalue weighted by Gasteiger charge is -2.08. The predicted molar refractivity (Wildman–Crippen MR) is 64.8 cm³/mol. The lowest BCUT2D eigenvalue weighted by atomic mass is 10.2. The first-order valence-electron chi connectivity index (χ1n) is 5.23. The Hall–Kier alpha value is -1.12. The van der Waals surface area contributed by atoms with Crippen LogP contribution in [0.4, 0.5) is 0 Å². The molecule has 0 saturated heterocycles. The number of nitrogens with zero attached hydrogens (tertiary/aromatic N) is 1. The summed E-state index contributed by atoms with van der Waals surface area (Å²) in [6.45, 7) is 2.44. The predicted octanol–water partition coefficient (Wildman–Crippen LogP) is 2.28. The van der Waals surface area contributed by atoms with E-state index in [0.29, 0.717) is 6.61 Å². The molecule has 0 atom stereocenters. The Kier molecular flexibility index (Phi) is 5.74. The number of hydrogen-bond donors (Lipinski definition) is 0. The Labute approximate surface area is 92.2 Å². The molecule has 82 valence electrons. The van der Waals surface area contributed by atoms with E-state index in [4.69, 9.17) is 4.74 Å². The summed E-state index contributed by atoms with van der Waals surface area (Å²) >= 11 is 0. The van der Waals surface area contributed by atoms with Gasteiger partial charge in [-0.05, 0) is 19.7 Å². The molecule has 15 heavy (non-hydrogen) atoms. The summed E-state index contributed by atoms with van der Waals surface area (Å²) in [6.07, 6.45) is 4.13. The Balaban J connectivity index is 2.12. The van der Waals surface area contributed by atoms with Crippen LogP contribution in [-0.2, 0) is 4.74 Å². The van der Waals surface area contributed by atoms with E-state index in [1.54, 1.807) is 0 Å². The first kappa shape index (κ1) is 12.0. The van der Waals surface area contributed by atoms with E-state index in [1.807, 2.05) is 38.4 Å². The van der Waals surface area contributed by atoms with Crippen molar-refractivity contribution in [3.8, 4) is 0 Å². The van der Waals surface area contributed by atoms with E-state index in [0.717, 1.165) is 13.2 Å². The van der Waals surface area contributed by atoms with Crippen molar-refractivity contribution in [2.45, 2.75) is 0 Å². The number of rotatable bonds is 6. The van der Waals surface area contributed by atoms with Crippen molar-refractivity contribution in [1.29, 1.82) is 0 Å². The average molecular weight is 205 g/mol. The Morgan fingerprint density at radius 2 is 1.93 bits per heavy atom. The molecule has 0 aliphatic heterocycles. The quantitative estimate of drug-likeness (QED) is 0.661. The lowest BCUT2D eigenvalue weighted by molar-refractivity contribution is 0.142. The van der Waals surface area contributed by atoms with Crippen LogP contribution in [0.15, 0.2) is 36.4 Å². The molecule has 0 bridgehead atoms. The highest BCUT2D eigenvalue weighted by molar-refractivity contribution is 5.48. The van der Waals surface area contributed by atoms with Crippen molar-refractivity contribution in [3.63, 3.8) is 0 Å². The summed E-state index contributed by atoms with van der Waals surface area (Å²) in [4.78, 5) is 2.11. The number of hydrogen-bond acceptors (Lipinski definition) is 2. The molecule has 0 amide bonds. The molecule has 2 heteroatoms. The number of benzene rings is 1. The van der Waals surface area contributed by atoms with Gasteiger partial charge in [0.05, 0.1) is 13.2 Å². The van der Waals surface area contributed by atoms with E-state index in [-0.39, 0.29) is 0 Å². The molecule has 0 fully saturated rings. The van der Waals surface area contributed by atoms with Crippen LogP contribution in [-0.4, -0.2) is 38.8 Å². The fourth-order valence-corrected chi connectivity index (χ4v) is 1.15. The molecule has 0 spiro atoms. The summed E-state index contributed by atoms with van der Waals surface area (Å²) in [5.41, 5.74) is 1.22. The van der Waals surface area contributed by atoms with Crippen LogP contribution >= 0.6 is 0 Å². The molecule has 2 nitrogen and oxygen atoms in total. The van der Waals surface area contributed by atoms with Gasteiger partial charge in [-0.2, -0.15) is 0 Å². The average Bonchev–Trinajstić information content (AvgIpc) is 2.24. The highest BCUT2D eigenvalue weighted by Gasteiger charge is 1.88. The third-order valence-electron chi connectivity index (χ3n) is 2.01. The molecular formula is C13H19NO. The molecule has 1 rings (SSSR count). The van der Waals surface area contributed by atoms with E-state index in [1.165, 1.54) is 5.56 Å². The smallest absolute Gasteiger partial charge is 0.0651 e. The third-order valence-corrected chi connectivity index (χ3v) is 2.01. The van der Waals surface area contributed by atoms with Crippen molar-refractivity contribution in [2.24, 2.45) is 0 Å². The third kappa shape index (κ3) is 6.05. The van der Waals surface area contributed by atoms with Gasteiger partial charge >= 0.3 is 0 Å². The maximum atomic E-state index is 5.44. The Morgan fingerprint density at radius 3 is 2.60 bits per heavy atom. The van der Waals surface area contributed by atoms with Crippen LogP contribution in [0.1, 0.15) is 5.56 Å². The van der Waals surface area contributed by atoms with Gasteiger partial charge in [0.1, 0.15) is 0 Å². The summed E-state index contributed by atoms with van der Waals surface area (Å²) in [6, 6.07) is 10.2. The van der Waals surface area contributed by atoms with Crippen LogP contribution in [0.2, 0.25) is 0 Å². The van der Waals surface area contributed by atoms with Crippen molar-refractivity contribution in [2.75, 3.05) is 33.9 Å². The van der Waals surface area contributed by atoms with E-state index >= 15 is 0 Å². The zero-order valence-electron chi connectivity index (χ0n) is 9.52. The Bertz CT molecular complexity index is 280. The minimum Gasteiger partial charge on any atom is -0.376 e. The molecule has 0 heterocycles. The highest BCUT2D eigenvalue weighted by Crippen LogP contribution is 2.00. The van der Waals surface area contributed by atoms with Gasteiger partial charge in [0.2, 0.25) is 0 Å². The lowest BCUT2D eigenvalue weighted by Crippen LogP contribution is -2.17. The molecule has 0 aliphatic carbocycles. The van der Waals surface area contributed by atoms with Crippen molar-refractivity contribution >= 4 is 6.08 Å². The topological polar surface area (TPSA) is 12.5 Å². The van der Waals surface area contributed by atoms with Crippen molar-refractivity contribution in [1.82, 2.24) is 4.90 Å². The van der Waals surface area contributed by atoms with Crippen LogP contribution in [0, 0.1) is 0 Å².